The Morgan fingerprint density at radius 3 is 1.78 bits per heavy atom. The average Bonchev–Trinajstić information content (AvgIpc) is 4.04. The van der Waals surface area contributed by atoms with Crippen LogP contribution in [0.3, 0.4) is 0 Å². The van der Waals surface area contributed by atoms with E-state index in [0.29, 0.717) is 39.4 Å². The molecule has 9 rings (SSSR count). The molecule has 1 saturated heterocycles. The van der Waals surface area contributed by atoms with Crippen LogP contribution in [-0.4, -0.2) is 63.8 Å². The van der Waals surface area contributed by atoms with Gasteiger partial charge in [0.05, 0.1) is 75.8 Å². The predicted octanol–water partition coefficient (Wildman–Crippen LogP) is 10.1. The minimum atomic E-state index is -0.254. The zero-order valence-corrected chi connectivity index (χ0v) is 37.0. The minimum absolute atomic E-state index is 0.143. The minimum Gasteiger partial charge on any atom is -0.497 e. The molecule has 7 aromatic rings. The third-order valence-electron chi connectivity index (χ3n) is 11.3. The van der Waals surface area contributed by atoms with Crippen LogP contribution in [0.5, 0.6) is 11.5 Å². The van der Waals surface area contributed by atoms with Crippen molar-refractivity contribution in [2.45, 2.75) is 64.4 Å². The summed E-state index contributed by atoms with van der Waals surface area (Å²) in [6, 6.07) is 40.0. The molecule has 1 amide bonds. The second-order valence-electron chi connectivity index (χ2n) is 15.8. The second kappa shape index (κ2) is 22.9. The Morgan fingerprint density at radius 2 is 1.22 bits per heavy atom. The molecule has 332 valence electrons. The Labute approximate surface area is 380 Å². The summed E-state index contributed by atoms with van der Waals surface area (Å²) in [4.78, 5) is 27.2. The fourth-order valence-electron chi connectivity index (χ4n) is 7.79. The number of benzene rings is 4. The first-order chi connectivity index (χ1) is 31.8. The van der Waals surface area contributed by atoms with Gasteiger partial charge in [0.25, 0.3) is 0 Å². The molecule has 0 N–H and O–H groups in total. The van der Waals surface area contributed by atoms with E-state index in [4.69, 9.17) is 29.2 Å². The highest BCUT2D eigenvalue weighted by Crippen LogP contribution is 2.40. The first-order valence-electron chi connectivity index (χ1n) is 21.7. The largest absolute Gasteiger partial charge is 0.497 e. The molecule has 0 saturated carbocycles. The number of imidazole rings is 1. The fourth-order valence-corrected chi connectivity index (χ4v) is 7.79. The number of aryl methyl sites for hydroxylation is 2. The van der Waals surface area contributed by atoms with Crippen molar-refractivity contribution in [1.82, 2.24) is 24.4 Å². The number of nitriles is 1. The molecule has 12 heteroatoms. The number of aromatic nitrogens is 4. The van der Waals surface area contributed by atoms with E-state index in [0.717, 1.165) is 81.4 Å². The lowest BCUT2D eigenvalue weighted by Crippen LogP contribution is -2.35. The summed E-state index contributed by atoms with van der Waals surface area (Å²) in [6.45, 7) is 4.86. The second-order valence-corrected chi connectivity index (χ2v) is 15.8. The molecule has 2 aliphatic heterocycles. The number of hydrogen-bond acceptors (Lipinski definition) is 9. The number of carbonyl (C=O) groups is 1. The molecular weight excluding hydrogens is 820 g/mol. The molecule has 11 nitrogen and oxygen atoms in total. The van der Waals surface area contributed by atoms with Gasteiger partial charge in [0.2, 0.25) is 5.91 Å². The van der Waals surface area contributed by atoms with Crippen LogP contribution in [0.4, 0.5) is 4.39 Å². The first kappa shape index (κ1) is 45.8. The van der Waals surface area contributed by atoms with Crippen LogP contribution in [0.2, 0.25) is 0 Å². The highest BCUT2D eigenvalue weighted by Gasteiger charge is 2.32. The Kier molecular flexibility index (Phi) is 16.2. The molecule has 0 unspecified atom stereocenters. The number of carbonyl (C=O) groups excluding carboxylic acids is 1. The molecule has 0 bridgehead atoms. The number of rotatable bonds is 14. The molecule has 0 aliphatic carbocycles. The molecule has 4 aromatic carbocycles. The van der Waals surface area contributed by atoms with Crippen LogP contribution in [0.15, 0.2) is 146 Å². The van der Waals surface area contributed by atoms with E-state index in [2.05, 4.69) is 20.6 Å². The van der Waals surface area contributed by atoms with E-state index < -0.39 is 0 Å². The van der Waals surface area contributed by atoms with Crippen molar-refractivity contribution in [2.24, 2.45) is 0 Å². The summed E-state index contributed by atoms with van der Waals surface area (Å²) in [5, 5.41) is 8.38. The molecule has 3 aromatic heterocycles. The van der Waals surface area contributed by atoms with Crippen molar-refractivity contribution in [2.75, 3.05) is 27.4 Å². The Morgan fingerprint density at radius 1 is 0.662 bits per heavy atom. The van der Waals surface area contributed by atoms with Crippen molar-refractivity contribution in [3.05, 3.63) is 186 Å². The summed E-state index contributed by atoms with van der Waals surface area (Å²) in [7, 11) is 3.31. The van der Waals surface area contributed by atoms with E-state index in [1.807, 2.05) is 109 Å². The van der Waals surface area contributed by atoms with E-state index >= 15 is 0 Å². The van der Waals surface area contributed by atoms with Crippen molar-refractivity contribution in [1.29, 1.82) is 5.26 Å². The van der Waals surface area contributed by atoms with Crippen LogP contribution in [0.1, 0.15) is 58.9 Å². The quantitative estimate of drug-likeness (QED) is 0.105. The topological polar surface area (TPSA) is 125 Å². The zero-order chi connectivity index (χ0) is 45.4. The molecular formula is C53H53FN6O5. The lowest BCUT2D eigenvalue weighted by atomic mass is 10.0. The molecule has 2 atom stereocenters. The summed E-state index contributed by atoms with van der Waals surface area (Å²) in [6.07, 6.45) is 10.4. The number of methoxy groups -OCH3 is 2. The number of ether oxygens (including phenoxy) is 4. The van der Waals surface area contributed by atoms with E-state index in [-0.39, 0.29) is 23.8 Å². The summed E-state index contributed by atoms with van der Waals surface area (Å²) in [5.74, 6) is 2.65. The number of halogens is 1. The maximum Gasteiger partial charge on any atom is 0.223 e. The smallest absolute Gasteiger partial charge is 0.223 e. The highest BCUT2D eigenvalue weighted by atomic mass is 19.1. The van der Waals surface area contributed by atoms with Gasteiger partial charge < -0.3 is 28.4 Å². The number of hydrogen-bond donors (Lipinski definition) is 0. The van der Waals surface area contributed by atoms with Gasteiger partial charge in [-0.1, -0.05) is 42.0 Å². The maximum atomic E-state index is 13.5. The van der Waals surface area contributed by atoms with Gasteiger partial charge in [-0.2, -0.15) is 5.26 Å². The van der Waals surface area contributed by atoms with E-state index in [9.17, 15) is 9.18 Å². The lowest BCUT2D eigenvalue weighted by molar-refractivity contribution is -0.130. The lowest BCUT2D eigenvalue weighted by Gasteiger charge is -2.24. The zero-order valence-electron chi connectivity index (χ0n) is 37.0. The van der Waals surface area contributed by atoms with Gasteiger partial charge in [0.1, 0.15) is 23.1 Å². The van der Waals surface area contributed by atoms with Crippen LogP contribution in [0.25, 0.3) is 22.5 Å². The molecule has 65 heavy (non-hydrogen) atoms. The Bertz CT molecular complexity index is 2600. The fraction of sp³-hybridized carbons (Fsp3) is 0.264. The van der Waals surface area contributed by atoms with Gasteiger partial charge >= 0.3 is 0 Å². The number of amides is 1. The third-order valence-corrected chi connectivity index (χ3v) is 11.3. The van der Waals surface area contributed by atoms with Crippen molar-refractivity contribution in [3.63, 3.8) is 0 Å². The van der Waals surface area contributed by atoms with Crippen LogP contribution >= 0.6 is 0 Å². The number of pyridine rings is 2. The SMILES string of the molecule is COc1ccc(COC[C@H]2CCC(=O)N2Cc2ccncc2)cc1.COc1ccc(COC[C@H]2CCc3nc(-c4ccc(F)cc4)c(-c4ccncc4)n32)cc1.Cc1ccc(C#N)cc1. The van der Waals surface area contributed by atoms with Crippen LogP contribution in [0, 0.1) is 24.1 Å². The van der Waals surface area contributed by atoms with Gasteiger partial charge in [-0.3, -0.25) is 14.8 Å². The van der Waals surface area contributed by atoms with E-state index in [1.54, 1.807) is 51.1 Å². The summed E-state index contributed by atoms with van der Waals surface area (Å²) < 4.78 is 38.1. The van der Waals surface area contributed by atoms with Gasteiger partial charge in [-0.25, -0.2) is 9.37 Å². The van der Waals surface area contributed by atoms with Gasteiger partial charge in [-0.05, 0) is 121 Å². The van der Waals surface area contributed by atoms with Crippen molar-refractivity contribution >= 4 is 5.91 Å². The van der Waals surface area contributed by atoms with Crippen LogP contribution in [-0.2, 0) is 40.4 Å². The normalized spacial score (nSPS) is 14.9. The summed E-state index contributed by atoms with van der Waals surface area (Å²) in [5.41, 5.74) is 9.06. The van der Waals surface area contributed by atoms with E-state index in [1.165, 1.54) is 17.7 Å². The molecule has 5 heterocycles. The Balaban J connectivity index is 0.000000167. The van der Waals surface area contributed by atoms with Gasteiger partial charge in [0.15, 0.2) is 0 Å². The summed E-state index contributed by atoms with van der Waals surface area (Å²) >= 11 is 0. The van der Waals surface area contributed by atoms with Crippen LogP contribution < -0.4 is 9.47 Å². The molecule has 2 aliphatic rings. The number of likely N-dealkylation sites (tertiary alicyclic amines) is 1. The molecule has 0 spiro atoms. The Hall–Kier alpha value is -7.20. The van der Waals surface area contributed by atoms with Gasteiger partial charge in [-0.15, -0.1) is 0 Å². The highest BCUT2D eigenvalue weighted by molar-refractivity contribution is 5.80. The van der Waals surface area contributed by atoms with Crippen molar-refractivity contribution in [3.8, 4) is 40.1 Å². The van der Waals surface area contributed by atoms with Crippen molar-refractivity contribution < 1.29 is 28.1 Å². The standard InChI is InChI=1S/C26H24FN3O2.C19H22N2O3.C8H7N/c1-31-23-9-2-18(3-10-23)16-32-17-22-8-11-24-29-25(19-4-6-21(27)7-5-19)26(30(22)24)20-12-14-28-15-13-20;1-23-18-5-2-16(3-6-18)13-24-14-17-4-7-19(22)21(17)12-15-8-10-20-11-9-15;1-7-2-4-8(6-9)5-3-7/h2-7,9-10,12-15,22H,8,11,16-17H2,1H3;2-3,5-6,8-11,17H,4,7,12-14H2,1H3;2-5H,1H3/t22-;17-;/m11./s1. The maximum absolute atomic E-state index is 13.5. The molecule has 0 radical (unpaired) electrons. The monoisotopic (exact) mass is 872 g/mol. The number of nitrogens with zero attached hydrogens (tertiary/aromatic N) is 6. The number of fused-ring (bicyclic) bond motifs is 1. The first-order valence-corrected chi connectivity index (χ1v) is 21.7. The molecule has 1 fully saturated rings. The predicted molar refractivity (Wildman–Crippen MR) is 247 cm³/mol. The third kappa shape index (κ3) is 12.5. The van der Waals surface area contributed by atoms with Gasteiger partial charge in [0, 0.05) is 55.3 Å². The average molecular weight is 873 g/mol.